The summed E-state index contributed by atoms with van der Waals surface area (Å²) in [6.07, 6.45) is 0. The van der Waals surface area contributed by atoms with E-state index in [0.717, 1.165) is 17.2 Å². The van der Waals surface area contributed by atoms with Gasteiger partial charge in [0.05, 0.1) is 5.69 Å². The van der Waals surface area contributed by atoms with Gasteiger partial charge in [0.15, 0.2) is 0 Å². The number of hydrogen-bond acceptors (Lipinski definition) is 3. The minimum Gasteiger partial charge on any atom is -0.305 e. The molecule has 0 bridgehead atoms. The number of thiazole rings is 1. The molecule has 1 heterocycles. The van der Waals surface area contributed by atoms with E-state index in [0.29, 0.717) is 11.6 Å². The highest BCUT2D eigenvalue weighted by Gasteiger charge is 2.16. The molecule has 0 saturated heterocycles. The zero-order valence-corrected chi connectivity index (χ0v) is 11.0. The average Bonchev–Trinajstić information content (AvgIpc) is 2.51. The minimum atomic E-state index is 0.130. The Morgan fingerprint density at radius 2 is 2.27 bits per heavy atom. The van der Waals surface area contributed by atoms with Gasteiger partial charge in [0.2, 0.25) is 0 Å². The molecule has 84 valence electrons. The fourth-order valence-corrected chi connectivity index (χ4v) is 2.13. The van der Waals surface area contributed by atoms with Crippen LogP contribution in [-0.2, 0) is 12.0 Å². The lowest BCUT2D eigenvalue weighted by Crippen LogP contribution is -2.15. The molecule has 0 aliphatic carbocycles. The van der Waals surface area contributed by atoms with Gasteiger partial charge in [-0.05, 0) is 0 Å². The molecule has 1 rings (SSSR count). The highest BCUT2D eigenvalue weighted by Crippen LogP contribution is 2.23. The van der Waals surface area contributed by atoms with Crippen molar-refractivity contribution in [2.45, 2.75) is 32.7 Å². The normalized spacial score (nSPS) is 11.7. The minimum absolute atomic E-state index is 0.130. The standard InChI is InChI=1S/C11H17ClN2S/c1-8(12)5-13-6-10-14-9(7-15-10)11(2,3)4/h7,13H,1,5-6H2,2-4H3. The van der Waals surface area contributed by atoms with Gasteiger partial charge in [-0.1, -0.05) is 39.0 Å². The van der Waals surface area contributed by atoms with Crippen molar-refractivity contribution in [3.8, 4) is 0 Å². The molecule has 4 heteroatoms. The van der Waals surface area contributed by atoms with Crippen molar-refractivity contribution in [2.24, 2.45) is 0 Å². The molecule has 1 N–H and O–H groups in total. The Kier molecular flexibility index (Phi) is 4.32. The molecule has 0 aliphatic heterocycles. The van der Waals surface area contributed by atoms with Gasteiger partial charge in [-0.2, -0.15) is 0 Å². The second-order valence-electron chi connectivity index (χ2n) is 4.50. The molecule has 0 radical (unpaired) electrons. The first-order valence-corrected chi connectivity index (χ1v) is 6.14. The van der Waals surface area contributed by atoms with Crippen LogP contribution in [0.4, 0.5) is 0 Å². The maximum Gasteiger partial charge on any atom is 0.107 e. The number of nitrogens with one attached hydrogen (secondary N) is 1. The van der Waals surface area contributed by atoms with Gasteiger partial charge in [-0.3, -0.25) is 0 Å². The molecule has 0 fully saturated rings. The summed E-state index contributed by atoms with van der Waals surface area (Å²) in [5.74, 6) is 0. The van der Waals surface area contributed by atoms with Crippen LogP contribution < -0.4 is 5.32 Å². The van der Waals surface area contributed by atoms with Crippen LogP contribution in [0.15, 0.2) is 17.0 Å². The average molecular weight is 245 g/mol. The molecule has 1 aromatic heterocycles. The largest absolute Gasteiger partial charge is 0.305 e. The van der Waals surface area contributed by atoms with Gasteiger partial charge in [-0.15, -0.1) is 11.3 Å². The number of halogens is 1. The summed E-state index contributed by atoms with van der Waals surface area (Å²) >= 11 is 7.33. The van der Waals surface area contributed by atoms with Crippen molar-refractivity contribution in [1.82, 2.24) is 10.3 Å². The van der Waals surface area contributed by atoms with Crippen LogP contribution in [-0.4, -0.2) is 11.5 Å². The Morgan fingerprint density at radius 1 is 1.60 bits per heavy atom. The molecule has 0 atom stereocenters. The summed E-state index contributed by atoms with van der Waals surface area (Å²) in [5, 5.41) is 7.02. The van der Waals surface area contributed by atoms with E-state index < -0.39 is 0 Å². The predicted octanol–water partition coefficient (Wildman–Crippen LogP) is 3.28. The highest BCUT2D eigenvalue weighted by molar-refractivity contribution is 7.09. The Labute approximate surface area is 100 Å². The number of hydrogen-bond donors (Lipinski definition) is 1. The Hall–Kier alpha value is -0.380. The zero-order valence-electron chi connectivity index (χ0n) is 9.43. The first-order valence-electron chi connectivity index (χ1n) is 4.88. The fraction of sp³-hybridized carbons (Fsp3) is 0.545. The van der Waals surface area contributed by atoms with Crippen LogP contribution in [0.2, 0.25) is 0 Å². The lowest BCUT2D eigenvalue weighted by atomic mass is 9.93. The van der Waals surface area contributed by atoms with Crippen LogP contribution in [0, 0.1) is 0 Å². The Morgan fingerprint density at radius 3 is 2.73 bits per heavy atom. The van der Waals surface area contributed by atoms with Crippen molar-refractivity contribution in [3.05, 3.63) is 27.7 Å². The van der Waals surface area contributed by atoms with Gasteiger partial charge in [-0.25, -0.2) is 4.98 Å². The summed E-state index contributed by atoms with van der Waals surface area (Å²) in [4.78, 5) is 4.56. The molecule has 0 aliphatic rings. The van der Waals surface area contributed by atoms with Gasteiger partial charge >= 0.3 is 0 Å². The van der Waals surface area contributed by atoms with Crippen molar-refractivity contribution in [1.29, 1.82) is 0 Å². The Balaban J connectivity index is 2.50. The third kappa shape index (κ3) is 4.33. The molecular formula is C11H17ClN2S. The van der Waals surface area contributed by atoms with Crippen molar-refractivity contribution in [3.63, 3.8) is 0 Å². The SMILES string of the molecule is C=C(Cl)CNCc1nc(C(C)(C)C)cs1. The first-order chi connectivity index (χ1) is 6.89. The third-order valence-electron chi connectivity index (χ3n) is 1.91. The van der Waals surface area contributed by atoms with Crippen molar-refractivity contribution >= 4 is 22.9 Å². The van der Waals surface area contributed by atoms with E-state index in [1.807, 2.05) is 0 Å². The zero-order chi connectivity index (χ0) is 11.5. The highest BCUT2D eigenvalue weighted by atomic mass is 35.5. The summed E-state index contributed by atoms with van der Waals surface area (Å²) in [6, 6.07) is 0. The van der Waals surface area contributed by atoms with E-state index in [1.165, 1.54) is 0 Å². The fourth-order valence-electron chi connectivity index (χ4n) is 1.04. The lowest BCUT2D eigenvalue weighted by molar-refractivity contribution is 0.569. The van der Waals surface area contributed by atoms with Gasteiger partial charge in [0, 0.05) is 28.9 Å². The van der Waals surface area contributed by atoms with Gasteiger partial charge in [0.1, 0.15) is 5.01 Å². The Bertz CT molecular complexity index is 339. The molecule has 0 aromatic carbocycles. The van der Waals surface area contributed by atoms with Gasteiger partial charge < -0.3 is 5.32 Å². The second-order valence-corrected chi connectivity index (χ2v) is 5.97. The van der Waals surface area contributed by atoms with Crippen LogP contribution in [0.25, 0.3) is 0 Å². The molecule has 0 spiro atoms. The van der Waals surface area contributed by atoms with Crippen LogP contribution in [0.1, 0.15) is 31.5 Å². The summed E-state index contributed by atoms with van der Waals surface area (Å²) in [6.45, 7) is 11.5. The number of aromatic nitrogens is 1. The van der Waals surface area contributed by atoms with E-state index in [4.69, 9.17) is 11.6 Å². The summed E-state index contributed by atoms with van der Waals surface area (Å²) in [7, 11) is 0. The maximum atomic E-state index is 5.65. The molecule has 2 nitrogen and oxygen atoms in total. The van der Waals surface area contributed by atoms with E-state index in [2.05, 4.69) is 43.0 Å². The molecular weight excluding hydrogens is 228 g/mol. The van der Waals surface area contributed by atoms with E-state index in [1.54, 1.807) is 11.3 Å². The molecule has 0 unspecified atom stereocenters. The molecule has 15 heavy (non-hydrogen) atoms. The van der Waals surface area contributed by atoms with E-state index in [-0.39, 0.29) is 5.41 Å². The van der Waals surface area contributed by atoms with Crippen LogP contribution in [0.3, 0.4) is 0 Å². The number of nitrogens with zero attached hydrogens (tertiary/aromatic N) is 1. The van der Waals surface area contributed by atoms with Crippen LogP contribution >= 0.6 is 22.9 Å². The van der Waals surface area contributed by atoms with Crippen molar-refractivity contribution < 1.29 is 0 Å². The van der Waals surface area contributed by atoms with Crippen LogP contribution in [0.5, 0.6) is 0 Å². The first kappa shape index (κ1) is 12.7. The maximum absolute atomic E-state index is 5.65. The quantitative estimate of drug-likeness (QED) is 0.879. The topological polar surface area (TPSA) is 24.9 Å². The molecule has 1 aromatic rings. The number of rotatable bonds is 4. The summed E-state index contributed by atoms with van der Waals surface area (Å²) in [5.41, 5.74) is 1.28. The smallest absolute Gasteiger partial charge is 0.107 e. The van der Waals surface area contributed by atoms with E-state index in [9.17, 15) is 0 Å². The summed E-state index contributed by atoms with van der Waals surface area (Å²) < 4.78 is 0. The third-order valence-corrected chi connectivity index (χ3v) is 2.90. The molecule has 0 amide bonds. The van der Waals surface area contributed by atoms with Gasteiger partial charge in [0.25, 0.3) is 0 Å². The van der Waals surface area contributed by atoms with Crippen molar-refractivity contribution in [2.75, 3.05) is 6.54 Å². The lowest BCUT2D eigenvalue weighted by Gasteiger charge is -2.14. The monoisotopic (exact) mass is 244 g/mol. The second kappa shape index (κ2) is 5.10. The molecule has 0 saturated carbocycles. The predicted molar refractivity (Wildman–Crippen MR) is 67.5 cm³/mol. The van der Waals surface area contributed by atoms with E-state index >= 15 is 0 Å².